The maximum atomic E-state index is 12.4. The van der Waals surface area contributed by atoms with Gasteiger partial charge in [-0.3, -0.25) is 9.10 Å². The number of hydrogen-bond acceptors (Lipinski definition) is 4. The molecule has 1 aliphatic carbocycles. The number of ether oxygens (including phenoxy) is 1. The lowest BCUT2D eigenvalue weighted by atomic mass is 9.88. The van der Waals surface area contributed by atoms with Crippen LogP contribution in [0.3, 0.4) is 0 Å². The maximum absolute atomic E-state index is 12.4. The molecule has 0 radical (unpaired) electrons. The van der Waals surface area contributed by atoms with Gasteiger partial charge in [0.1, 0.15) is 5.75 Å². The molecule has 2 aliphatic rings. The van der Waals surface area contributed by atoms with Crippen LogP contribution in [-0.4, -0.2) is 33.7 Å². The van der Waals surface area contributed by atoms with Gasteiger partial charge >= 0.3 is 0 Å². The molecule has 25 heavy (non-hydrogen) atoms. The molecular weight excluding hydrogens is 340 g/mol. The molecule has 6 nitrogen and oxygen atoms in total. The third kappa shape index (κ3) is 4.08. The number of hydrogen-bond donors (Lipinski definition) is 1. The van der Waals surface area contributed by atoms with E-state index < -0.39 is 10.0 Å². The third-order valence-electron chi connectivity index (χ3n) is 5.04. The molecule has 1 aromatic carbocycles. The second kappa shape index (κ2) is 7.64. The molecule has 0 unspecified atom stereocenters. The fourth-order valence-corrected chi connectivity index (χ4v) is 5.28. The van der Waals surface area contributed by atoms with Gasteiger partial charge < -0.3 is 10.1 Å². The number of carbonyl (C=O) groups is 1. The molecule has 0 bridgehead atoms. The summed E-state index contributed by atoms with van der Waals surface area (Å²) in [5, 5.41) is 2.95. The molecule has 0 atom stereocenters. The van der Waals surface area contributed by atoms with Crippen molar-refractivity contribution in [2.75, 3.05) is 29.0 Å². The second-order valence-electron chi connectivity index (χ2n) is 6.81. The van der Waals surface area contributed by atoms with E-state index >= 15 is 0 Å². The van der Waals surface area contributed by atoms with Gasteiger partial charge in [0.25, 0.3) is 0 Å². The van der Waals surface area contributed by atoms with Crippen LogP contribution in [0.5, 0.6) is 5.75 Å². The summed E-state index contributed by atoms with van der Waals surface area (Å²) in [6.07, 6.45) is 6.82. The van der Waals surface area contributed by atoms with Crippen LogP contribution in [0, 0.1) is 5.92 Å². The van der Waals surface area contributed by atoms with Crippen LogP contribution in [0.1, 0.15) is 44.9 Å². The Kier molecular flexibility index (Phi) is 5.51. The summed E-state index contributed by atoms with van der Waals surface area (Å²) in [5.41, 5.74) is 1.18. The zero-order chi connectivity index (χ0) is 17.9. The van der Waals surface area contributed by atoms with Gasteiger partial charge in [-0.1, -0.05) is 19.3 Å². The summed E-state index contributed by atoms with van der Waals surface area (Å²) in [6, 6.07) is 5.18. The molecule has 0 aromatic heterocycles. The van der Waals surface area contributed by atoms with Crippen LogP contribution in [0.4, 0.5) is 11.4 Å². The summed E-state index contributed by atoms with van der Waals surface area (Å²) in [7, 11) is -1.78. The quantitative estimate of drug-likeness (QED) is 0.888. The SMILES string of the molecule is COc1cc(NC(=O)C2CCCCC2)ccc1N1CCCCS1(=O)=O. The molecule has 1 saturated heterocycles. The Balaban J connectivity index is 1.78. The average Bonchev–Trinajstić information content (AvgIpc) is 2.62. The van der Waals surface area contributed by atoms with Crippen LogP contribution >= 0.6 is 0 Å². The van der Waals surface area contributed by atoms with Crippen molar-refractivity contribution in [3.63, 3.8) is 0 Å². The first kappa shape index (κ1) is 18.0. The number of nitrogens with zero attached hydrogens (tertiary/aromatic N) is 1. The van der Waals surface area contributed by atoms with Crippen molar-refractivity contribution in [3.8, 4) is 5.75 Å². The minimum Gasteiger partial charge on any atom is -0.494 e. The van der Waals surface area contributed by atoms with Crippen LogP contribution in [-0.2, 0) is 14.8 Å². The zero-order valence-electron chi connectivity index (χ0n) is 14.7. The summed E-state index contributed by atoms with van der Waals surface area (Å²) in [5.74, 6) is 0.741. The van der Waals surface area contributed by atoms with Crippen molar-refractivity contribution < 1.29 is 17.9 Å². The van der Waals surface area contributed by atoms with Gasteiger partial charge in [0.15, 0.2) is 0 Å². The van der Waals surface area contributed by atoms with Gasteiger partial charge in [0.05, 0.1) is 18.6 Å². The molecule has 1 aliphatic heterocycles. The molecule has 1 aromatic rings. The summed E-state index contributed by atoms with van der Waals surface area (Å²) in [6.45, 7) is 0.465. The van der Waals surface area contributed by atoms with Crippen molar-refractivity contribution in [3.05, 3.63) is 18.2 Å². The van der Waals surface area contributed by atoms with Crippen LogP contribution in [0.15, 0.2) is 18.2 Å². The number of benzene rings is 1. The zero-order valence-corrected chi connectivity index (χ0v) is 15.5. The monoisotopic (exact) mass is 366 g/mol. The largest absolute Gasteiger partial charge is 0.494 e. The van der Waals surface area contributed by atoms with Gasteiger partial charge in [-0.15, -0.1) is 0 Å². The smallest absolute Gasteiger partial charge is 0.235 e. The number of sulfonamides is 1. The highest BCUT2D eigenvalue weighted by atomic mass is 32.2. The van der Waals surface area contributed by atoms with Crippen molar-refractivity contribution in [2.24, 2.45) is 5.92 Å². The number of nitrogens with one attached hydrogen (secondary N) is 1. The Bertz CT molecular complexity index is 727. The molecule has 3 rings (SSSR count). The van der Waals surface area contributed by atoms with E-state index in [1.165, 1.54) is 17.8 Å². The fraction of sp³-hybridized carbons (Fsp3) is 0.611. The van der Waals surface area contributed by atoms with E-state index in [2.05, 4.69) is 5.32 Å². The predicted octanol–water partition coefficient (Wildman–Crippen LogP) is 3.14. The Morgan fingerprint density at radius 3 is 2.60 bits per heavy atom. The average molecular weight is 366 g/mol. The van der Waals surface area contributed by atoms with E-state index in [1.807, 2.05) is 0 Å². The van der Waals surface area contributed by atoms with E-state index in [4.69, 9.17) is 4.74 Å². The molecule has 1 N–H and O–H groups in total. The molecule has 1 saturated carbocycles. The lowest BCUT2D eigenvalue weighted by molar-refractivity contribution is -0.120. The summed E-state index contributed by atoms with van der Waals surface area (Å²) in [4.78, 5) is 12.4. The maximum Gasteiger partial charge on any atom is 0.235 e. The highest BCUT2D eigenvalue weighted by molar-refractivity contribution is 7.92. The van der Waals surface area contributed by atoms with E-state index in [0.29, 0.717) is 30.1 Å². The van der Waals surface area contributed by atoms with E-state index in [1.54, 1.807) is 18.2 Å². The number of rotatable bonds is 4. The first-order valence-electron chi connectivity index (χ1n) is 9.00. The number of carbonyl (C=O) groups excluding carboxylic acids is 1. The van der Waals surface area contributed by atoms with E-state index in [0.717, 1.165) is 32.1 Å². The Morgan fingerprint density at radius 2 is 1.92 bits per heavy atom. The first-order valence-corrected chi connectivity index (χ1v) is 10.6. The van der Waals surface area contributed by atoms with Crippen LogP contribution in [0.25, 0.3) is 0 Å². The van der Waals surface area contributed by atoms with Crippen molar-refractivity contribution in [1.29, 1.82) is 0 Å². The highest BCUT2D eigenvalue weighted by Gasteiger charge is 2.28. The summed E-state index contributed by atoms with van der Waals surface area (Å²) < 4.78 is 31.5. The Labute approximate surface area is 149 Å². The topological polar surface area (TPSA) is 75.7 Å². The molecule has 1 amide bonds. The molecule has 1 heterocycles. The lowest BCUT2D eigenvalue weighted by Gasteiger charge is -2.29. The van der Waals surface area contributed by atoms with Gasteiger partial charge in [-0.2, -0.15) is 0 Å². The second-order valence-corrected chi connectivity index (χ2v) is 8.82. The van der Waals surface area contributed by atoms with Gasteiger partial charge in [-0.05, 0) is 37.8 Å². The molecular formula is C18H26N2O4S. The minimum absolute atomic E-state index is 0.0418. The number of anilines is 2. The fourth-order valence-electron chi connectivity index (χ4n) is 3.63. The number of methoxy groups -OCH3 is 1. The molecule has 7 heteroatoms. The Morgan fingerprint density at radius 1 is 1.16 bits per heavy atom. The molecule has 138 valence electrons. The Hall–Kier alpha value is -1.76. The van der Waals surface area contributed by atoms with E-state index in [-0.39, 0.29) is 17.6 Å². The molecule has 0 spiro atoms. The first-order chi connectivity index (χ1) is 12.0. The van der Waals surface area contributed by atoms with Gasteiger partial charge in [0, 0.05) is 24.2 Å². The van der Waals surface area contributed by atoms with Crippen molar-refractivity contribution in [1.82, 2.24) is 0 Å². The normalized spacial score (nSPS) is 20.9. The minimum atomic E-state index is -3.30. The van der Waals surface area contributed by atoms with Crippen LogP contribution < -0.4 is 14.4 Å². The van der Waals surface area contributed by atoms with Crippen LogP contribution in [0.2, 0.25) is 0 Å². The lowest BCUT2D eigenvalue weighted by Crippen LogP contribution is -2.38. The van der Waals surface area contributed by atoms with Gasteiger partial charge in [-0.25, -0.2) is 8.42 Å². The predicted molar refractivity (Wildman–Crippen MR) is 98.6 cm³/mol. The number of amides is 1. The standard InChI is InChI=1S/C18H26N2O4S/c1-24-17-13-15(19-18(21)14-7-3-2-4-8-14)9-10-16(17)20-11-5-6-12-25(20,22)23/h9-10,13-14H,2-8,11-12H2,1H3,(H,19,21). The molecule has 2 fully saturated rings. The van der Waals surface area contributed by atoms with Crippen molar-refractivity contribution in [2.45, 2.75) is 44.9 Å². The highest BCUT2D eigenvalue weighted by Crippen LogP contribution is 2.35. The van der Waals surface area contributed by atoms with E-state index in [9.17, 15) is 13.2 Å². The van der Waals surface area contributed by atoms with Gasteiger partial charge in [0.2, 0.25) is 15.9 Å². The third-order valence-corrected chi connectivity index (χ3v) is 6.90. The van der Waals surface area contributed by atoms with Crippen molar-refractivity contribution >= 4 is 27.3 Å². The summed E-state index contributed by atoms with van der Waals surface area (Å²) >= 11 is 0.